The van der Waals surface area contributed by atoms with Crippen LogP contribution in [-0.4, -0.2) is 5.11 Å². The Hall–Kier alpha value is -2.39. The van der Waals surface area contributed by atoms with E-state index < -0.39 is 9.93 Å². The molecule has 0 saturated carbocycles. The maximum absolute atomic E-state index is 13.8. The zero-order chi connectivity index (χ0) is 15.4. The van der Waals surface area contributed by atoms with E-state index in [2.05, 4.69) is 0 Å². The van der Waals surface area contributed by atoms with Crippen molar-refractivity contribution in [3.63, 3.8) is 0 Å². The van der Waals surface area contributed by atoms with Crippen molar-refractivity contribution < 1.29 is 9.32 Å². The number of benzene rings is 3. The van der Waals surface area contributed by atoms with Gasteiger partial charge in [-0.15, -0.1) is 0 Å². The first-order chi connectivity index (χ1) is 10.7. The van der Waals surface area contributed by atoms with Crippen molar-refractivity contribution >= 4 is 9.93 Å². The van der Waals surface area contributed by atoms with Crippen molar-refractivity contribution in [1.29, 1.82) is 0 Å². The third kappa shape index (κ3) is 2.95. The van der Waals surface area contributed by atoms with Gasteiger partial charge in [-0.1, -0.05) is 52.7 Å². The second-order valence-corrected chi connectivity index (χ2v) is 7.69. The summed E-state index contributed by atoms with van der Waals surface area (Å²) >= 11 is 0. The molecule has 0 aromatic heterocycles. The molecule has 3 aromatic carbocycles. The van der Waals surface area contributed by atoms with Crippen molar-refractivity contribution in [2.75, 3.05) is 0 Å². The van der Waals surface area contributed by atoms with Crippen molar-refractivity contribution in [3.8, 4) is 5.75 Å². The number of rotatable bonds is 4. The van der Waals surface area contributed by atoms with Crippen LogP contribution in [0, 0.1) is 0 Å². The molecule has 0 aliphatic heterocycles. The molecule has 0 aliphatic carbocycles. The lowest BCUT2D eigenvalue weighted by molar-refractivity contribution is 0.475. The van der Waals surface area contributed by atoms with Crippen molar-refractivity contribution in [2.45, 2.75) is 15.5 Å². The first-order valence-corrected chi connectivity index (χ1v) is 8.81. The second-order valence-electron chi connectivity index (χ2n) is 5.11. The highest BCUT2D eigenvalue weighted by Gasteiger charge is 2.34. The minimum absolute atomic E-state index is 0.217. The van der Waals surface area contributed by atoms with E-state index in [9.17, 15) is 9.32 Å². The molecule has 0 radical (unpaired) electrons. The average Bonchev–Trinajstić information content (AvgIpc) is 2.58. The molecule has 0 aliphatic rings. The Kier molecular flexibility index (Phi) is 4.07. The first kappa shape index (κ1) is 14.5. The van der Waals surface area contributed by atoms with Crippen LogP contribution in [0.4, 0.5) is 0 Å². The van der Waals surface area contributed by atoms with Gasteiger partial charge in [0.25, 0.3) is 0 Å². The van der Waals surface area contributed by atoms with Gasteiger partial charge in [0, 0.05) is 5.56 Å². The molecule has 0 amide bonds. The minimum Gasteiger partial charge on any atom is -0.508 e. The van der Waals surface area contributed by atoms with E-state index in [-0.39, 0.29) is 5.75 Å². The zero-order valence-electron chi connectivity index (χ0n) is 12.1. The predicted octanol–water partition coefficient (Wildman–Crippen LogP) is 4.51. The van der Waals surface area contributed by atoms with Crippen LogP contribution in [0.1, 0.15) is 5.56 Å². The van der Waals surface area contributed by atoms with Crippen molar-refractivity contribution in [2.24, 2.45) is 0 Å². The normalized spacial score (nSPS) is 11.3. The van der Waals surface area contributed by atoms with Gasteiger partial charge in [-0.05, 0) is 36.4 Å². The fraction of sp³-hybridized carbons (Fsp3) is 0.0526. The van der Waals surface area contributed by atoms with Crippen LogP contribution in [0.5, 0.6) is 5.75 Å². The Balaban J connectivity index is 2.08. The van der Waals surface area contributed by atoms with Gasteiger partial charge in [-0.25, -0.2) is 0 Å². The van der Waals surface area contributed by atoms with E-state index in [4.69, 9.17) is 0 Å². The Morgan fingerprint density at radius 3 is 1.59 bits per heavy atom. The largest absolute Gasteiger partial charge is 0.508 e. The Labute approximate surface area is 131 Å². The highest BCUT2D eigenvalue weighted by atomic mass is 32.2. The van der Waals surface area contributed by atoms with Crippen LogP contribution in [0.3, 0.4) is 0 Å². The SMILES string of the molecule is O=[S+](Cc1ccc(O)cc1)(c1ccccc1)c1ccccc1. The zero-order valence-corrected chi connectivity index (χ0v) is 12.9. The molecule has 22 heavy (non-hydrogen) atoms. The molecule has 3 aromatic rings. The van der Waals surface area contributed by atoms with E-state index >= 15 is 0 Å². The Morgan fingerprint density at radius 2 is 1.14 bits per heavy atom. The number of phenolic OH excluding ortho intramolecular Hbond substituents is 1. The molecular formula is C19H17O2S+. The maximum Gasteiger partial charge on any atom is 0.163 e. The highest BCUT2D eigenvalue weighted by Crippen LogP contribution is 2.32. The molecule has 110 valence electrons. The van der Waals surface area contributed by atoms with Gasteiger partial charge in [0.2, 0.25) is 0 Å². The summed E-state index contributed by atoms with van der Waals surface area (Å²) in [5, 5.41) is 9.42. The summed E-state index contributed by atoms with van der Waals surface area (Å²) in [5.41, 5.74) is 0.940. The summed E-state index contributed by atoms with van der Waals surface area (Å²) in [6, 6.07) is 26.0. The lowest BCUT2D eigenvalue weighted by Gasteiger charge is -2.12. The number of aromatic hydroxyl groups is 1. The van der Waals surface area contributed by atoms with Crippen molar-refractivity contribution in [1.82, 2.24) is 0 Å². The lowest BCUT2D eigenvalue weighted by Crippen LogP contribution is -2.15. The van der Waals surface area contributed by atoms with Crippen LogP contribution in [-0.2, 0) is 19.9 Å². The molecule has 1 N–H and O–H groups in total. The van der Waals surface area contributed by atoms with E-state index in [1.54, 1.807) is 12.1 Å². The second kappa shape index (κ2) is 6.16. The summed E-state index contributed by atoms with van der Waals surface area (Å²) in [6.45, 7) is 0. The summed E-state index contributed by atoms with van der Waals surface area (Å²) in [5.74, 6) is 0.635. The average molecular weight is 309 g/mol. The summed E-state index contributed by atoms with van der Waals surface area (Å²) in [6.07, 6.45) is 0. The number of hydrogen-bond acceptors (Lipinski definition) is 2. The topological polar surface area (TPSA) is 37.3 Å². The standard InChI is InChI=1S/C19H16O2S/c20-17-13-11-16(12-14-17)15-22(21,18-7-3-1-4-8-18)19-9-5-2-6-10-19/h1-14H,15H2/p+1. The van der Waals surface area contributed by atoms with Gasteiger partial charge in [0.05, 0.1) is 0 Å². The highest BCUT2D eigenvalue weighted by molar-refractivity contribution is 8.02. The molecule has 3 heteroatoms. The number of phenols is 1. The lowest BCUT2D eigenvalue weighted by atomic mass is 10.2. The quantitative estimate of drug-likeness (QED) is 0.720. The molecule has 0 fully saturated rings. The third-order valence-corrected chi connectivity index (χ3v) is 6.36. The summed E-state index contributed by atoms with van der Waals surface area (Å²) in [7, 11) is -2.39. The van der Waals surface area contributed by atoms with Crippen molar-refractivity contribution in [3.05, 3.63) is 90.5 Å². The van der Waals surface area contributed by atoms with Gasteiger partial charge in [0.15, 0.2) is 19.7 Å². The van der Waals surface area contributed by atoms with E-state index in [0.29, 0.717) is 5.75 Å². The van der Waals surface area contributed by atoms with Crippen LogP contribution >= 0.6 is 0 Å². The Morgan fingerprint density at radius 1 is 0.682 bits per heavy atom. The molecular weight excluding hydrogens is 292 g/mol. The molecule has 0 spiro atoms. The van der Waals surface area contributed by atoms with Gasteiger partial charge in [-0.2, -0.15) is 0 Å². The fourth-order valence-corrected chi connectivity index (χ4v) is 4.87. The van der Waals surface area contributed by atoms with Gasteiger partial charge in [-0.3, -0.25) is 0 Å². The van der Waals surface area contributed by atoms with Gasteiger partial charge < -0.3 is 5.11 Å². The number of hydrogen-bond donors (Lipinski definition) is 1. The van der Waals surface area contributed by atoms with Gasteiger partial charge in [0.1, 0.15) is 11.5 Å². The minimum atomic E-state index is -2.39. The molecule has 0 heterocycles. The van der Waals surface area contributed by atoms with Crippen LogP contribution < -0.4 is 0 Å². The van der Waals surface area contributed by atoms with Crippen LogP contribution in [0.2, 0.25) is 0 Å². The van der Waals surface area contributed by atoms with E-state index in [0.717, 1.165) is 15.4 Å². The van der Waals surface area contributed by atoms with E-state index in [1.165, 1.54) is 0 Å². The van der Waals surface area contributed by atoms with Crippen LogP contribution in [0.15, 0.2) is 94.7 Å². The molecule has 0 saturated heterocycles. The fourth-order valence-electron chi connectivity index (χ4n) is 2.41. The molecule has 0 bridgehead atoms. The Bertz CT molecular complexity index is 737. The summed E-state index contributed by atoms with van der Waals surface area (Å²) < 4.78 is 13.8. The van der Waals surface area contributed by atoms with Crippen LogP contribution in [0.25, 0.3) is 0 Å². The molecule has 0 atom stereocenters. The first-order valence-electron chi connectivity index (χ1n) is 7.08. The third-order valence-electron chi connectivity index (χ3n) is 3.55. The monoisotopic (exact) mass is 309 g/mol. The molecule has 2 nitrogen and oxygen atoms in total. The smallest absolute Gasteiger partial charge is 0.163 e. The predicted molar refractivity (Wildman–Crippen MR) is 89.3 cm³/mol. The van der Waals surface area contributed by atoms with E-state index in [1.807, 2.05) is 72.8 Å². The van der Waals surface area contributed by atoms with Gasteiger partial charge >= 0.3 is 0 Å². The molecule has 3 rings (SSSR count). The molecule has 0 unspecified atom stereocenters. The maximum atomic E-state index is 13.8. The summed E-state index contributed by atoms with van der Waals surface area (Å²) in [4.78, 5) is 1.66.